The third-order valence-electron chi connectivity index (χ3n) is 3.30. The smallest absolute Gasteiger partial charge is 0.237 e. The molecule has 0 aliphatic heterocycles. The minimum absolute atomic E-state index is 0.157. The topological polar surface area (TPSA) is 72.9 Å². The fourth-order valence-electron chi connectivity index (χ4n) is 2.15. The van der Waals surface area contributed by atoms with Crippen LogP contribution in [0.5, 0.6) is 0 Å². The predicted molar refractivity (Wildman–Crippen MR) is 88.5 cm³/mol. The molecule has 2 rings (SSSR count). The molecule has 0 spiro atoms. The van der Waals surface area contributed by atoms with E-state index in [0.29, 0.717) is 18.0 Å². The lowest BCUT2D eigenvalue weighted by molar-refractivity contribution is -0.122. The maximum atomic E-state index is 11.9. The van der Waals surface area contributed by atoms with Crippen LogP contribution in [0.1, 0.15) is 12.1 Å². The van der Waals surface area contributed by atoms with Crippen molar-refractivity contribution in [2.24, 2.45) is 12.8 Å². The molecule has 0 unspecified atom stereocenters. The second-order valence-corrected chi connectivity index (χ2v) is 6.20. The summed E-state index contributed by atoms with van der Waals surface area (Å²) >= 11 is 7.90. The Labute approximate surface area is 133 Å². The Bertz CT molecular complexity index is 643. The quantitative estimate of drug-likeness (QED) is 0.850. The molecule has 1 atom stereocenters. The average Bonchev–Trinajstić information content (AvgIpc) is 2.80. The van der Waals surface area contributed by atoms with Crippen molar-refractivity contribution >= 4 is 40.2 Å². The molecule has 21 heavy (non-hydrogen) atoms. The van der Waals surface area contributed by atoms with E-state index in [0.717, 1.165) is 22.3 Å². The van der Waals surface area contributed by atoms with Crippen LogP contribution < -0.4 is 11.1 Å². The molecule has 1 amide bonds. The maximum absolute atomic E-state index is 11.9. The number of fused-ring (bicyclic) bond motifs is 1. The first-order valence-electron chi connectivity index (χ1n) is 6.67. The van der Waals surface area contributed by atoms with Gasteiger partial charge in [0.2, 0.25) is 5.91 Å². The second-order valence-electron chi connectivity index (χ2n) is 4.81. The van der Waals surface area contributed by atoms with Crippen molar-refractivity contribution in [3.8, 4) is 0 Å². The van der Waals surface area contributed by atoms with Gasteiger partial charge in [-0.2, -0.15) is 16.9 Å². The number of nitrogens with zero attached hydrogens (tertiary/aromatic N) is 2. The van der Waals surface area contributed by atoms with E-state index in [1.807, 2.05) is 31.5 Å². The van der Waals surface area contributed by atoms with Gasteiger partial charge >= 0.3 is 0 Å². The zero-order chi connectivity index (χ0) is 15.4. The molecule has 0 saturated heterocycles. The normalized spacial score (nSPS) is 12.6. The van der Waals surface area contributed by atoms with Crippen molar-refractivity contribution in [3.63, 3.8) is 0 Å². The lowest BCUT2D eigenvalue weighted by atomic mass is 10.2. The fraction of sp³-hybridized carbons (Fsp3) is 0.429. The number of hydrogen-bond donors (Lipinski definition) is 2. The van der Waals surface area contributed by atoms with Crippen molar-refractivity contribution < 1.29 is 4.79 Å². The Morgan fingerprint density at radius 2 is 2.33 bits per heavy atom. The summed E-state index contributed by atoms with van der Waals surface area (Å²) in [5, 5.41) is 8.76. The average molecular weight is 327 g/mol. The highest BCUT2D eigenvalue weighted by atomic mass is 35.5. The van der Waals surface area contributed by atoms with Crippen molar-refractivity contribution in [2.45, 2.75) is 19.0 Å². The zero-order valence-electron chi connectivity index (χ0n) is 12.1. The van der Waals surface area contributed by atoms with Gasteiger partial charge in [-0.25, -0.2) is 0 Å². The lowest BCUT2D eigenvalue weighted by Crippen LogP contribution is -2.40. The molecule has 1 heterocycles. The Balaban J connectivity index is 2.09. The summed E-state index contributed by atoms with van der Waals surface area (Å²) in [5.74, 6) is 0.710. The number of nitrogens with one attached hydrogen (secondary N) is 1. The van der Waals surface area contributed by atoms with Gasteiger partial charge in [0, 0.05) is 12.4 Å². The Kier molecular flexibility index (Phi) is 5.50. The monoisotopic (exact) mass is 326 g/mol. The van der Waals surface area contributed by atoms with Gasteiger partial charge in [-0.05, 0) is 30.6 Å². The molecular formula is C14H19ClN4OS. The Morgan fingerprint density at radius 1 is 1.57 bits per heavy atom. The van der Waals surface area contributed by atoms with Crippen LogP contribution in [0.25, 0.3) is 10.9 Å². The summed E-state index contributed by atoms with van der Waals surface area (Å²) in [4.78, 5) is 11.9. The molecule has 0 fully saturated rings. The number of nitrogens with two attached hydrogens (primary N) is 1. The fourth-order valence-corrected chi connectivity index (χ4v) is 2.92. The number of thioether (sulfide) groups is 1. The molecule has 0 aliphatic carbocycles. The molecular weight excluding hydrogens is 308 g/mol. The number of hydrogen-bond acceptors (Lipinski definition) is 4. The van der Waals surface area contributed by atoms with E-state index in [1.165, 1.54) is 0 Å². The van der Waals surface area contributed by atoms with Crippen molar-refractivity contribution in [1.82, 2.24) is 15.1 Å². The van der Waals surface area contributed by atoms with E-state index >= 15 is 0 Å². The van der Waals surface area contributed by atoms with E-state index in [4.69, 9.17) is 17.3 Å². The van der Waals surface area contributed by atoms with Crippen molar-refractivity contribution in [1.29, 1.82) is 0 Å². The first-order chi connectivity index (χ1) is 10.0. The molecule has 0 aliphatic rings. The van der Waals surface area contributed by atoms with E-state index < -0.39 is 6.04 Å². The van der Waals surface area contributed by atoms with Gasteiger partial charge in [0.1, 0.15) is 0 Å². The molecule has 3 N–H and O–H groups in total. The highest BCUT2D eigenvalue weighted by Crippen LogP contribution is 2.26. The molecule has 1 aromatic heterocycles. The van der Waals surface area contributed by atoms with Crippen LogP contribution >= 0.6 is 23.4 Å². The van der Waals surface area contributed by atoms with Gasteiger partial charge in [-0.1, -0.05) is 17.7 Å². The van der Waals surface area contributed by atoms with E-state index in [9.17, 15) is 4.79 Å². The summed E-state index contributed by atoms with van der Waals surface area (Å²) < 4.78 is 1.76. The van der Waals surface area contributed by atoms with Crippen LogP contribution in [-0.2, 0) is 18.4 Å². The molecule has 5 nitrogen and oxygen atoms in total. The van der Waals surface area contributed by atoms with Gasteiger partial charge in [0.15, 0.2) is 0 Å². The Morgan fingerprint density at radius 3 is 3.05 bits per heavy atom. The zero-order valence-corrected chi connectivity index (χ0v) is 13.7. The maximum Gasteiger partial charge on any atom is 0.237 e. The van der Waals surface area contributed by atoms with Gasteiger partial charge in [-0.15, -0.1) is 0 Å². The first kappa shape index (κ1) is 16.1. The van der Waals surface area contributed by atoms with Crippen LogP contribution in [-0.4, -0.2) is 33.7 Å². The number of carbonyl (C=O) groups excluding carboxylic acids is 1. The lowest BCUT2D eigenvalue weighted by Gasteiger charge is -2.10. The molecule has 2 aromatic rings. The highest BCUT2D eigenvalue weighted by Gasteiger charge is 2.15. The first-order valence-corrected chi connectivity index (χ1v) is 8.44. The predicted octanol–water partition coefficient (Wildman–Crippen LogP) is 1.92. The molecule has 7 heteroatoms. The third kappa shape index (κ3) is 3.70. The highest BCUT2D eigenvalue weighted by molar-refractivity contribution is 7.98. The SMILES string of the molecule is CSCC[C@H](N)C(=O)NCc1nn(C)c2cccc(Cl)c12. The van der Waals surface area contributed by atoms with Crippen LogP contribution in [0.15, 0.2) is 18.2 Å². The summed E-state index contributed by atoms with van der Waals surface area (Å²) in [6.07, 6.45) is 2.66. The van der Waals surface area contributed by atoms with Gasteiger partial charge in [0.05, 0.1) is 28.8 Å². The number of carbonyl (C=O) groups is 1. The molecule has 0 saturated carbocycles. The summed E-state index contributed by atoms with van der Waals surface area (Å²) in [6.45, 7) is 0.326. The Hall–Kier alpha value is -1.24. The number of rotatable bonds is 6. The van der Waals surface area contributed by atoms with E-state index in [-0.39, 0.29) is 5.91 Å². The van der Waals surface area contributed by atoms with Crippen LogP contribution in [0.3, 0.4) is 0 Å². The number of amides is 1. The standard InChI is InChI=1S/C14H19ClN4OS/c1-19-12-5-3-4-9(15)13(12)11(18-19)8-17-14(20)10(16)6-7-21-2/h3-5,10H,6-8,16H2,1-2H3,(H,17,20)/t10-/m0/s1. The van der Waals surface area contributed by atoms with Crippen molar-refractivity contribution in [2.75, 3.05) is 12.0 Å². The second kappa shape index (κ2) is 7.15. The van der Waals surface area contributed by atoms with Gasteiger partial charge in [-0.3, -0.25) is 9.48 Å². The largest absolute Gasteiger partial charge is 0.349 e. The minimum Gasteiger partial charge on any atom is -0.349 e. The minimum atomic E-state index is -0.483. The molecule has 0 bridgehead atoms. The number of aromatic nitrogens is 2. The molecule has 0 radical (unpaired) electrons. The van der Waals surface area contributed by atoms with E-state index in [1.54, 1.807) is 16.4 Å². The number of halogens is 1. The van der Waals surface area contributed by atoms with Crippen LogP contribution in [0, 0.1) is 0 Å². The summed E-state index contributed by atoms with van der Waals surface area (Å²) in [6, 6.07) is 5.17. The van der Waals surface area contributed by atoms with Crippen LogP contribution in [0.2, 0.25) is 5.02 Å². The number of aryl methyl sites for hydroxylation is 1. The third-order valence-corrected chi connectivity index (χ3v) is 4.26. The number of benzene rings is 1. The molecule has 114 valence electrons. The van der Waals surface area contributed by atoms with Gasteiger partial charge in [0.25, 0.3) is 0 Å². The van der Waals surface area contributed by atoms with Crippen LogP contribution in [0.4, 0.5) is 0 Å². The molecule has 1 aromatic carbocycles. The van der Waals surface area contributed by atoms with E-state index in [2.05, 4.69) is 10.4 Å². The van der Waals surface area contributed by atoms with Crippen molar-refractivity contribution in [3.05, 3.63) is 28.9 Å². The summed E-state index contributed by atoms with van der Waals surface area (Å²) in [7, 11) is 1.86. The summed E-state index contributed by atoms with van der Waals surface area (Å²) in [5.41, 5.74) is 7.53. The van der Waals surface area contributed by atoms with Gasteiger partial charge < -0.3 is 11.1 Å².